The van der Waals surface area contributed by atoms with Crippen LogP contribution in [0.3, 0.4) is 0 Å². The van der Waals surface area contributed by atoms with Gasteiger partial charge in [0.05, 0.1) is 6.07 Å². The number of aryl methyl sites for hydroxylation is 1. The lowest BCUT2D eigenvalue weighted by Gasteiger charge is -1.91. The Labute approximate surface area is 58.3 Å². The maximum atomic E-state index is 8.18. The zero-order chi connectivity index (χ0) is 7.23. The van der Waals surface area contributed by atoms with E-state index in [0.29, 0.717) is 6.42 Å². The lowest BCUT2D eigenvalue weighted by Crippen LogP contribution is -1.97. The molecule has 0 bridgehead atoms. The maximum absolute atomic E-state index is 8.18. The molecule has 0 aliphatic rings. The van der Waals surface area contributed by atoms with Crippen LogP contribution in [0.4, 0.5) is 0 Å². The predicted octanol–water partition coefficient (Wildman–Crippen LogP) is -0.0231. The fourth-order valence-electron chi connectivity index (χ4n) is 0.603. The topological polar surface area (TPSA) is 67.4 Å². The van der Waals surface area contributed by atoms with E-state index in [9.17, 15) is 0 Å². The molecule has 52 valence electrons. The van der Waals surface area contributed by atoms with E-state index >= 15 is 0 Å². The van der Waals surface area contributed by atoms with E-state index in [4.69, 9.17) is 5.26 Å². The summed E-state index contributed by atoms with van der Waals surface area (Å²) in [4.78, 5) is 0. The number of hydrogen-bond donors (Lipinski definition) is 0. The molecule has 0 saturated heterocycles. The Kier molecular flexibility index (Phi) is 2.38. The zero-order valence-corrected chi connectivity index (χ0v) is 5.43. The van der Waals surface area contributed by atoms with Gasteiger partial charge in [0.1, 0.15) is 6.33 Å². The molecule has 1 heterocycles. The molecule has 0 aliphatic heterocycles. The van der Waals surface area contributed by atoms with Gasteiger partial charge in [0.2, 0.25) is 0 Å². The molecule has 10 heavy (non-hydrogen) atoms. The van der Waals surface area contributed by atoms with Gasteiger partial charge in [-0.2, -0.15) is 5.26 Å². The fraction of sp³-hybridized carbons (Fsp3) is 0.600. The van der Waals surface area contributed by atoms with Crippen LogP contribution in [0.25, 0.3) is 0 Å². The highest BCUT2D eigenvalue weighted by atomic mass is 15.5. The van der Waals surface area contributed by atoms with Crippen LogP contribution in [0.5, 0.6) is 0 Å². The van der Waals surface area contributed by atoms with E-state index in [1.165, 1.54) is 6.33 Å². The second kappa shape index (κ2) is 3.56. The van der Waals surface area contributed by atoms with Crippen molar-refractivity contribution in [1.29, 1.82) is 5.26 Å². The molecule has 0 amide bonds. The van der Waals surface area contributed by atoms with Crippen LogP contribution in [0.15, 0.2) is 6.33 Å². The van der Waals surface area contributed by atoms with E-state index in [1.807, 2.05) is 6.07 Å². The number of nitrogens with zero attached hydrogens (tertiary/aromatic N) is 5. The van der Waals surface area contributed by atoms with Crippen molar-refractivity contribution in [2.75, 3.05) is 0 Å². The summed E-state index contributed by atoms with van der Waals surface area (Å²) in [6, 6.07) is 2.05. The Bertz CT molecular complexity index is 208. The summed E-state index contributed by atoms with van der Waals surface area (Å²) in [6.07, 6.45) is 2.90. The van der Waals surface area contributed by atoms with Gasteiger partial charge in [-0.25, -0.2) is 4.68 Å². The van der Waals surface area contributed by atoms with E-state index in [2.05, 4.69) is 15.5 Å². The molecule has 0 aromatic carbocycles. The summed E-state index contributed by atoms with van der Waals surface area (Å²) in [6.45, 7) is 0.723. The Morgan fingerprint density at radius 1 is 1.60 bits per heavy atom. The molecule has 0 unspecified atom stereocenters. The highest BCUT2D eigenvalue weighted by molar-refractivity contribution is 4.67. The average molecular weight is 137 g/mol. The lowest BCUT2D eigenvalue weighted by atomic mass is 10.3. The SMILES string of the molecule is N#CCCCn1cnnn1. The minimum Gasteiger partial charge on any atom is -0.232 e. The normalized spacial score (nSPS) is 9.10. The van der Waals surface area contributed by atoms with Crippen molar-refractivity contribution in [1.82, 2.24) is 20.2 Å². The van der Waals surface area contributed by atoms with Crippen LogP contribution >= 0.6 is 0 Å². The Hall–Kier alpha value is -1.44. The summed E-state index contributed by atoms with van der Waals surface area (Å²) in [7, 11) is 0. The molecule has 0 spiro atoms. The van der Waals surface area contributed by atoms with E-state index in [1.54, 1.807) is 4.68 Å². The standard InChI is InChI=1S/C5H7N5/c6-3-1-2-4-10-5-7-8-9-10/h5H,1-2,4H2. The Morgan fingerprint density at radius 3 is 3.10 bits per heavy atom. The molecule has 5 heteroatoms. The van der Waals surface area contributed by atoms with Crippen LogP contribution < -0.4 is 0 Å². The summed E-state index contributed by atoms with van der Waals surface area (Å²) >= 11 is 0. The molecule has 0 radical (unpaired) electrons. The number of aromatic nitrogens is 4. The third-order valence-corrected chi connectivity index (χ3v) is 1.07. The first-order chi connectivity index (χ1) is 4.93. The smallest absolute Gasteiger partial charge is 0.138 e. The number of tetrazole rings is 1. The van der Waals surface area contributed by atoms with Crippen LogP contribution in [0, 0.1) is 11.3 Å². The minimum atomic E-state index is 0.555. The second-order valence-electron chi connectivity index (χ2n) is 1.83. The van der Waals surface area contributed by atoms with Gasteiger partial charge >= 0.3 is 0 Å². The van der Waals surface area contributed by atoms with Gasteiger partial charge in [0, 0.05) is 13.0 Å². The van der Waals surface area contributed by atoms with E-state index in [0.717, 1.165) is 13.0 Å². The molecule has 1 aromatic heterocycles. The van der Waals surface area contributed by atoms with Crippen molar-refractivity contribution in [2.45, 2.75) is 19.4 Å². The van der Waals surface area contributed by atoms with Gasteiger partial charge in [-0.15, -0.1) is 5.10 Å². The molecule has 5 nitrogen and oxygen atoms in total. The van der Waals surface area contributed by atoms with Crippen molar-refractivity contribution in [3.05, 3.63) is 6.33 Å². The number of hydrogen-bond acceptors (Lipinski definition) is 4. The second-order valence-corrected chi connectivity index (χ2v) is 1.83. The molecular weight excluding hydrogens is 130 g/mol. The molecule has 0 fully saturated rings. The first-order valence-electron chi connectivity index (χ1n) is 3.01. The zero-order valence-electron chi connectivity index (χ0n) is 5.43. The fourth-order valence-corrected chi connectivity index (χ4v) is 0.603. The van der Waals surface area contributed by atoms with Gasteiger partial charge in [0.25, 0.3) is 0 Å². The number of rotatable bonds is 3. The highest BCUT2D eigenvalue weighted by Crippen LogP contribution is 1.89. The largest absolute Gasteiger partial charge is 0.232 e. The Morgan fingerprint density at radius 2 is 2.50 bits per heavy atom. The van der Waals surface area contributed by atoms with Crippen molar-refractivity contribution in [2.24, 2.45) is 0 Å². The first kappa shape index (κ1) is 6.68. The van der Waals surface area contributed by atoms with Gasteiger partial charge < -0.3 is 0 Å². The number of unbranched alkanes of at least 4 members (excludes halogenated alkanes) is 1. The minimum absolute atomic E-state index is 0.555. The van der Waals surface area contributed by atoms with Gasteiger partial charge in [-0.3, -0.25) is 0 Å². The molecule has 0 aliphatic carbocycles. The lowest BCUT2D eigenvalue weighted by molar-refractivity contribution is 0.564. The van der Waals surface area contributed by atoms with Crippen molar-refractivity contribution in [3.63, 3.8) is 0 Å². The highest BCUT2D eigenvalue weighted by Gasteiger charge is 1.89. The molecular formula is C5H7N5. The maximum Gasteiger partial charge on any atom is 0.138 e. The molecule has 0 N–H and O–H groups in total. The summed E-state index contributed by atoms with van der Waals surface area (Å²) in [5, 5.41) is 18.7. The molecule has 0 saturated carbocycles. The molecule has 1 aromatic rings. The average Bonchev–Trinajstić information content (AvgIpc) is 2.41. The van der Waals surface area contributed by atoms with Gasteiger partial charge in [-0.05, 0) is 16.8 Å². The van der Waals surface area contributed by atoms with Gasteiger partial charge in [0.15, 0.2) is 0 Å². The summed E-state index contributed by atoms with van der Waals surface area (Å²) < 4.78 is 1.61. The van der Waals surface area contributed by atoms with Crippen LogP contribution in [-0.4, -0.2) is 20.2 Å². The van der Waals surface area contributed by atoms with Crippen molar-refractivity contribution < 1.29 is 0 Å². The monoisotopic (exact) mass is 137 g/mol. The van der Waals surface area contributed by atoms with E-state index < -0.39 is 0 Å². The number of nitriles is 1. The van der Waals surface area contributed by atoms with Crippen molar-refractivity contribution >= 4 is 0 Å². The molecule has 1 rings (SSSR count). The third-order valence-electron chi connectivity index (χ3n) is 1.07. The van der Waals surface area contributed by atoms with Gasteiger partial charge in [-0.1, -0.05) is 0 Å². The van der Waals surface area contributed by atoms with Crippen LogP contribution in [0.1, 0.15) is 12.8 Å². The quantitative estimate of drug-likeness (QED) is 0.549. The summed E-state index contributed by atoms with van der Waals surface area (Å²) in [5.74, 6) is 0. The van der Waals surface area contributed by atoms with Crippen LogP contribution in [-0.2, 0) is 6.54 Å². The van der Waals surface area contributed by atoms with E-state index in [-0.39, 0.29) is 0 Å². The molecule has 0 atom stereocenters. The summed E-state index contributed by atoms with van der Waals surface area (Å²) in [5.41, 5.74) is 0. The predicted molar refractivity (Wildman–Crippen MR) is 32.7 cm³/mol. The Balaban J connectivity index is 2.23. The first-order valence-corrected chi connectivity index (χ1v) is 3.01. The van der Waals surface area contributed by atoms with Crippen LogP contribution in [0.2, 0.25) is 0 Å². The third kappa shape index (κ3) is 1.82. The van der Waals surface area contributed by atoms with Crippen molar-refractivity contribution in [3.8, 4) is 6.07 Å².